The van der Waals surface area contributed by atoms with E-state index in [1.165, 1.54) is 4.88 Å². The van der Waals surface area contributed by atoms with E-state index in [0.717, 1.165) is 30.9 Å². The normalized spacial score (nSPS) is 13.4. The zero-order valence-electron chi connectivity index (χ0n) is 9.73. The second-order valence-corrected chi connectivity index (χ2v) is 5.03. The number of thiazole rings is 1. The summed E-state index contributed by atoms with van der Waals surface area (Å²) in [5, 5.41) is 10.6. The van der Waals surface area contributed by atoms with Gasteiger partial charge in [-0.25, -0.2) is 4.98 Å². The second-order valence-electron chi connectivity index (χ2n) is 3.83. The molecule has 0 saturated carbocycles. The number of nitrogens with zero attached hydrogens (tertiary/aromatic N) is 2. The Morgan fingerprint density at radius 1 is 1.53 bits per heavy atom. The summed E-state index contributed by atoms with van der Waals surface area (Å²) in [4.78, 5) is 7.80. The maximum absolute atomic E-state index is 9.50. The van der Waals surface area contributed by atoms with Crippen LogP contribution in [0.1, 0.15) is 30.2 Å². The first kappa shape index (κ1) is 12.6. The lowest BCUT2D eigenvalue weighted by atomic mass is 10.2. The van der Waals surface area contributed by atoms with Crippen LogP contribution < -0.4 is 0 Å². The van der Waals surface area contributed by atoms with Crippen molar-refractivity contribution < 1.29 is 5.11 Å². The average molecular weight is 228 g/mol. The Bertz CT molecular complexity index is 288. The third kappa shape index (κ3) is 4.28. The number of hydrogen-bond acceptors (Lipinski definition) is 4. The Labute approximate surface area is 95.8 Å². The Balaban J connectivity index is 2.40. The van der Waals surface area contributed by atoms with Crippen LogP contribution >= 0.6 is 11.3 Å². The van der Waals surface area contributed by atoms with Gasteiger partial charge in [-0.2, -0.15) is 0 Å². The third-order valence-electron chi connectivity index (χ3n) is 2.35. The van der Waals surface area contributed by atoms with Crippen LogP contribution in [0.2, 0.25) is 0 Å². The van der Waals surface area contributed by atoms with Crippen LogP contribution in [-0.4, -0.2) is 34.7 Å². The molecule has 1 atom stereocenters. The van der Waals surface area contributed by atoms with E-state index in [2.05, 4.69) is 16.8 Å². The van der Waals surface area contributed by atoms with Crippen LogP contribution in [0.3, 0.4) is 0 Å². The molecule has 1 rings (SSSR count). The molecule has 1 aromatic rings. The summed E-state index contributed by atoms with van der Waals surface area (Å²) in [7, 11) is 2.02. The van der Waals surface area contributed by atoms with Gasteiger partial charge >= 0.3 is 0 Å². The number of aliphatic hydroxyl groups is 1. The fourth-order valence-corrected chi connectivity index (χ4v) is 2.31. The molecule has 0 fully saturated rings. The molecular weight excluding hydrogens is 208 g/mol. The van der Waals surface area contributed by atoms with Crippen molar-refractivity contribution >= 4 is 11.3 Å². The van der Waals surface area contributed by atoms with Crippen molar-refractivity contribution in [1.82, 2.24) is 9.88 Å². The van der Waals surface area contributed by atoms with E-state index >= 15 is 0 Å². The fraction of sp³-hybridized carbons (Fsp3) is 0.727. The van der Waals surface area contributed by atoms with Gasteiger partial charge in [-0.05, 0) is 19.9 Å². The van der Waals surface area contributed by atoms with Crippen molar-refractivity contribution in [2.75, 3.05) is 13.6 Å². The van der Waals surface area contributed by atoms with E-state index in [1.807, 2.05) is 20.2 Å². The molecule has 0 aliphatic carbocycles. The van der Waals surface area contributed by atoms with Crippen LogP contribution in [0, 0.1) is 0 Å². The molecular formula is C11H20N2OS. The molecule has 1 heterocycles. The van der Waals surface area contributed by atoms with E-state index in [9.17, 15) is 5.11 Å². The number of aryl methyl sites for hydroxylation is 1. The van der Waals surface area contributed by atoms with Crippen LogP contribution in [0.25, 0.3) is 0 Å². The van der Waals surface area contributed by atoms with E-state index < -0.39 is 0 Å². The quantitative estimate of drug-likeness (QED) is 0.808. The van der Waals surface area contributed by atoms with E-state index in [4.69, 9.17) is 0 Å². The molecule has 0 radical (unpaired) electrons. The van der Waals surface area contributed by atoms with Gasteiger partial charge in [0.05, 0.1) is 12.6 Å². The maximum atomic E-state index is 9.50. The van der Waals surface area contributed by atoms with Crippen LogP contribution in [-0.2, 0) is 13.0 Å². The smallest absolute Gasteiger partial charge is 0.107 e. The largest absolute Gasteiger partial charge is 0.392 e. The molecule has 86 valence electrons. The predicted octanol–water partition coefficient (Wildman–Crippen LogP) is 1.91. The highest BCUT2D eigenvalue weighted by molar-refractivity contribution is 7.11. The first-order valence-electron chi connectivity index (χ1n) is 5.45. The third-order valence-corrected chi connectivity index (χ3v) is 3.48. The van der Waals surface area contributed by atoms with Crippen molar-refractivity contribution in [1.29, 1.82) is 0 Å². The van der Waals surface area contributed by atoms with Gasteiger partial charge in [0, 0.05) is 17.6 Å². The number of aromatic nitrogens is 1. The Hall–Kier alpha value is -0.450. The molecule has 0 bridgehead atoms. The Morgan fingerprint density at radius 3 is 2.80 bits per heavy atom. The molecule has 0 saturated heterocycles. The number of hydrogen-bond donors (Lipinski definition) is 1. The van der Waals surface area contributed by atoms with Gasteiger partial charge in [0.1, 0.15) is 5.01 Å². The van der Waals surface area contributed by atoms with Crippen LogP contribution in [0.4, 0.5) is 0 Å². The number of rotatable bonds is 6. The summed E-state index contributed by atoms with van der Waals surface area (Å²) in [6.45, 7) is 5.69. The summed E-state index contributed by atoms with van der Waals surface area (Å²) >= 11 is 1.76. The molecule has 0 aliphatic heterocycles. The molecule has 4 heteroatoms. The topological polar surface area (TPSA) is 36.4 Å². The lowest BCUT2D eigenvalue weighted by Crippen LogP contribution is -2.28. The van der Waals surface area contributed by atoms with Crippen molar-refractivity contribution in [2.45, 2.75) is 39.3 Å². The minimum Gasteiger partial charge on any atom is -0.392 e. The zero-order valence-corrected chi connectivity index (χ0v) is 10.5. The maximum Gasteiger partial charge on any atom is 0.107 e. The number of aliphatic hydroxyl groups excluding tert-OH is 1. The second kappa shape index (κ2) is 6.20. The summed E-state index contributed by atoms with van der Waals surface area (Å²) in [5.41, 5.74) is 0. The summed E-state index contributed by atoms with van der Waals surface area (Å²) in [6, 6.07) is 0. The molecule has 15 heavy (non-hydrogen) atoms. The van der Waals surface area contributed by atoms with E-state index in [-0.39, 0.29) is 6.10 Å². The lowest BCUT2D eigenvalue weighted by molar-refractivity contribution is 0.119. The van der Waals surface area contributed by atoms with E-state index in [1.54, 1.807) is 11.3 Å². The first-order valence-corrected chi connectivity index (χ1v) is 6.27. The van der Waals surface area contributed by atoms with Gasteiger partial charge in [0.25, 0.3) is 0 Å². The average Bonchev–Trinajstić information content (AvgIpc) is 2.65. The lowest BCUT2D eigenvalue weighted by Gasteiger charge is -2.18. The highest BCUT2D eigenvalue weighted by Crippen LogP contribution is 2.14. The monoisotopic (exact) mass is 228 g/mol. The van der Waals surface area contributed by atoms with Gasteiger partial charge in [-0.1, -0.05) is 13.8 Å². The van der Waals surface area contributed by atoms with Gasteiger partial charge < -0.3 is 5.11 Å². The molecule has 0 aliphatic rings. The minimum absolute atomic E-state index is 0.222. The molecule has 0 amide bonds. The van der Waals surface area contributed by atoms with Crippen molar-refractivity contribution in [3.05, 3.63) is 16.1 Å². The molecule has 1 aromatic heterocycles. The highest BCUT2D eigenvalue weighted by Gasteiger charge is 2.08. The van der Waals surface area contributed by atoms with Crippen LogP contribution in [0.5, 0.6) is 0 Å². The SMILES string of the molecule is CCc1cnc(CN(C)CC(O)CC)s1. The summed E-state index contributed by atoms with van der Waals surface area (Å²) in [6.07, 6.45) is 3.59. The van der Waals surface area contributed by atoms with Crippen molar-refractivity contribution in [2.24, 2.45) is 0 Å². The Morgan fingerprint density at radius 2 is 2.27 bits per heavy atom. The molecule has 1 N–H and O–H groups in total. The molecule has 1 unspecified atom stereocenters. The molecule has 0 aromatic carbocycles. The molecule has 0 spiro atoms. The predicted molar refractivity (Wildman–Crippen MR) is 64.1 cm³/mol. The van der Waals surface area contributed by atoms with Crippen LogP contribution in [0.15, 0.2) is 6.20 Å². The zero-order chi connectivity index (χ0) is 11.3. The fourth-order valence-electron chi connectivity index (χ4n) is 1.37. The van der Waals surface area contributed by atoms with Crippen molar-refractivity contribution in [3.63, 3.8) is 0 Å². The van der Waals surface area contributed by atoms with Gasteiger partial charge in [-0.15, -0.1) is 11.3 Å². The Kier molecular flexibility index (Phi) is 5.22. The van der Waals surface area contributed by atoms with Gasteiger partial charge in [0.15, 0.2) is 0 Å². The number of likely N-dealkylation sites (N-methyl/N-ethyl adjacent to an activating group) is 1. The van der Waals surface area contributed by atoms with Gasteiger partial charge in [-0.3, -0.25) is 4.90 Å². The highest BCUT2D eigenvalue weighted by atomic mass is 32.1. The summed E-state index contributed by atoms with van der Waals surface area (Å²) < 4.78 is 0. The van der Waals surface area contributed by atoms with Gasteiger partial charge in [0.2, 0.25) is 0 Å². The van der Waals surface area contributed by atoms with Crippen molar-refractivity contribution in [3.8, 4) is 0 Å². The minimum atomic E-state index is -0.222. The van der Waals surface area contributed by atoms with E-state index in [0.29, 0.717) is 0 Å². The first-order chi connectivity index (χ1) is 7.15. The molecule has 3 nitrogen and oxygen atoms in total. The summed E-state index contributed by atoms with van der Waals surface area (Å²) in [5.74, 6) is 0. The standard InChI is InChI=1S/C11H20N2OS/c1-4-9(14)7-13(3)8-11-12-6-10(5-2)15-11/h6,9,14H,4-5,7-8H2,1-3H3.